The van der Waals surface area contributed by atoms with Gasteiger partial charge in [0, 0.05) is 0 Å². The predicted octanol–water partition coefficient (Wildman–Crippen LogP) is 2.82. The fraction of sp³-hybridized carbons (Fsp3) is 0.133. The van der Waals surface area contributed by atoms with Crippen LogP contribution < -0.4 is 14.7 Å². The first-order chi connectivity index (χ1) is 12.0. The van der Waals surface area contributed by atoms with E-state index in [-0.39, 0.29) is 12.2 Å². The second-order valence-electron chi connectivity index (χ2n) is 5.12. The molecule has 0 aliphatic rings. The predicted molar refractivity (Wildman–Crippen MR) is 110 cm³/mol. The lowest BCUT2D eigenvalue weighted by atomic mass is 10.1. The SMILES string of the molecule is N[C@@H](Cc1ccc(Oc2ccc(OS(=O)(=O)O)c(I)c2)c(I)c1)C(=O)O. The molecule has 0 aliphatic heterocycles. The van der Waals surface area contributed by atoms with Gasteiger partial charge in [0.05, 0.1) is 7.14 Å². The highest BCUT2D eigenvalue weighted by atomic mass is 127. The molecule has 1 atom stereocenters. The smallest absolute Gasteiger partial charge is 0.446 e. The summed E-state index contributed by atoms with van der Waals surface area (Å²) in [6, 6.07) is 8.62. The minimum atomic E-state index is -4.60. The summed E-state index contributed by atoms with van der Waals surface area (Å²) < 4.78 is 41.7. The number of aliphatic carboxylic acids is 1. The molecule has 0 heterocycles. The Hall–Kier alpha value is -1.16. The van der Waals surface area contributed by atoms with Gasteiger partial charge in [-0.1, -0.05) is 6.07 Å². The third-order valence-corrected chi connectivity index (χ3v) is 5.17. The first-order valence-corrected chi connectivity index (χ1v) is 10.5. The number of rotatable bonds is 7. The van der Waals surface area contributed by atoms with Crippen molar-refractivity contribution < 1.29 is 31.8 Å². The van der Waals surface area contributed by atoms with Crippen LogP contribution in [0.5, 0.6) is 17.2 Å². The Morgan fingerprint density at radius 1 is 1.12 bits per heavy atom. The first kappa shape index (κ1) is 21.1. The van der Waals surface area contributed by atoms with Crippen LogP contribution >= 0.6 is 45.2 Å². The van der Waals surface area contributed by atoms with Gasteiger partial charge in [0.1, 0.15) is 17.5 Å². The molecule has 0 spiro atoms. The maximum absolute atomic E-state index is 10.8. The molecule has 0 aliphatic carbocycles. The van der Waals surface area contributed by atoms with Gasteiger partial charge in [0.25, 0.3) is 0 Å². The van der Waals surface area contributed by atoms with Crippen LogP contribution in [0.1, 0.15) is 5.56 Å². The van der Waals surface area contributed by atoms with Crippen molar-refractivity contribution in [2.45, 2.75) is 12.5 Å². The van der Waals surface area contributed by atoms with Crippen LogP contribution in [0.3, 0.4) is 0 Å². The quantitative estimate of drug-likeness (QED) is 0.324. The van der Waals surface area contributed by atoms with Gasteiger partial charge >= 0.3 is 16.4 Å². The number of carboxylic acid groups (broad SMARTS) is 1. The lowest BCUT2D eigenvalue weighted by Gasteiger charge is -2.12. The van der Waals surface area contributed by atoms with E-state index in [2.05, 4.69) is 26.8 Å². The molecule has 0 aromatic heterocycles. The molecule has 2 aromatic rings. The fourth-order valence-corrected chi connectivity index (χ4v) is 3.76. The normalized spacial score (nSPS) is 12.5. The molecule has 140 valence electrons. The third-order valence-electron chi connectivity index (χ3n) is 3.10. The van der Waals surface area contributed by atoms with Crippen molar-refractivity contribution in [1.82, 2.24) is 0 Å². The van der Waals surface area contributed by atoms with E-state index < -0.39 is 22.4 Å². The topological polar surface area (TPSA) is 136 Å². The van der Waals surface area contributed by atoms with E-state index >= 15 is 0 Å². The average Bonchev–Trinajstić information content (AvgIpc) is 2.51. The molecule has 4 N–H and O–H groups in total. The molecule has 0 unspecified atom stereocenters. The van der Waals surface area contributed by atoms with Gasteiger partial charge in [-0.15, -0.1) is 0 Å². The van der Waals surface area contributed by atoms with Crippen molar-refractivity contribution in [2.24, 2.45) is 5.73 Å². The van der Waals surface area contributed by atoms with Gasteiger partial charge in [0.2, 0.25) is 0 Å². The highest BCUT2D eigenvalue weighted by Gasteiger charge is 2.14. The summed E-state index contributed by atoms with van der Waals surface area (Å²) >= 11 is 3.91. The number of halogens is 2. The Morgan fingerprint density at radius 3 is 2.27 bits per heavy atom. The number of hydrogen-bond donors (Lipinski definition) is 3. The van der Waals surface area contributed by atoms with Gasteiger partial charge in [0.15, 0.2) is 5.75 Å². The van der Waals surface area contributed by atoms with E-state index in [4.69, 9.17) is 20.1 Å². The number of benzene rings is 2. The number of ether oxygens (including phenoxy) is 1. The van der Waals surface area contributed by atoms with Crippen molar-refractivity contribution >= 4 is 61.6 Å². The second-order valence-corrected chi connectivity index (χ2v) is 8.47. The Labute approximate surface area is 176 Å². The van der Waals surface area contributed by atoms with Crippen LogP contribution in [0.2, 0.25) is 0 Å². The molecule has 0 radical (unpaired) electrons. The lowest BCUT2D eigenvalue weighted by Crippen LogP contribution is -2.32. The van der Waals surface area contributed by atoms with Gasteiger partial charge in [-0.2, -0.15) is 8.42 Å². The van der Waals surface area contributed by atoms with E-state index in [9.17, 15) is 13.2 Å². The molecule has 11 heteroatoms. The van der Waals surface area contributed by atoms with Gasteiger partial charge in [-0.3, -0.25) is 9.35 Å². The van der Waals surface area contributed by atoms with Crippen LogP contribution in [-0.4, -0.2) is 30.1 Å². The maximum atomic E-state index is 10.8. The van der Waals surface area contributed by atoms with E-state index in [1.807, 2.05) is 22.6 Å². The Kier molecular flexibility index (Phi) is 7.06. The van der Waals surface area contributed by atoms with Crippen LogP contribution in [0.25, 0.3) is 0 Å². The second kappa shape index (κ2) is 8.69. The Bertz CT molecular complexity index is 934. The minimum absolute atomic E-state index is 0.0202. The molecule has 26 heavy (non-hydrogen) atoms. The maximum Gasteiger partial charge on any atom is 0.446 e. The summed E-state index contributed by atoms with van der Waals surface area (Å²) in [7, 11) is -4.60. The summed E-state index contributed by atoms with van der Waals surface area (Å²) in [6.07, 6.45) is 0.200. The van der Waals surface area contributed by atoms with Crippen molar-refractivity contribution in [3.63, 3.8) is 0 Å². The summed E-state index contributed by atoms with van der Waals surface area (Å²) in [5.41, 5.74) is 6.30. The van der Waals surface area contributed by atoms with Crippen LogP contribution in [0.4, 0.5) is 0 Å². The summed E-state index contributed by atoms with van der Waals surface area (Å²) in [6.45, 7) is 0. The molecular weight excluding hydrogens is 592 g/mol. The standard InChI is InChI=1S/C15H13I2NO7S/c16-10-5-8(6-12(18)15(19)20)1-3-13(10)24-9-2-4-14(11(17)7-9)25-26(21,22)23/h1-5,7,12H,6,18H2,(H,19,20)(H,21,22,23)/t12-/m0/s1. The van der Waals surface area contributed by atoms with Crippen molar-refractivity contribution in [1.29, 1.82) is 0 Å². The Balaban J connectivity index is 2.16. The summed E-state index contributed by atoms with van der Waals surface area (Å²) in [5.74, 6) is -0.113. The first-order valence-electron chi connectivity index (χ1n) is 6.96. The molecule has 0 saturated heterocycles. The van der Waals surface area contributed by atoms with Gasteiger partial charge in [-0.25, -0.2) is 0 Å². The van der Waals surface area contributed by atoms with Crippen LogP contribution in [-0.2, 0) is 21.6 Å². The molecule has 2 aromatic carbocycles. The van der Waals surface area contributed by atoms with Crippen molar-refractivity contribution in [3.05, 3.63) is 49.1 Å². The molecule has 0 bridgehead atoms. The monoisotopic (exact) mass is 605 g/mol. The molecular formula is C15H13I2NO7S. The lowest BCUT2D eigenvalue weighted by molar-refractivity contribution is -0.138. The molecule has 8 nitrogen and oxygen atoms in total. The average molecular weight is 605 g/mol. The van der Waals surface area contributed by atoms with Crippen molar-refractivity contribution in [3.8, 4) is 17.2 Å². The number of carbonyl (C=O) groups is 1. The zero-order valence-corrected chi connectivity index (χ0v) is 18.1. The molecule has 0 amide bonds. The Morgan fingerprint density at radius 2 is 1.73 bits per heavy atom. The van der Waals surface area contributed by atoms with Crippen molar-refractivity contribution in [2.75, 3.05) is 0 Å². The highest BCUT2D eigenvalue weighted by Crippen LogP contribution is 2.32. The van der Waals surface area contributed by atoms with Crippen LogP contribution in [0.15, 0.2) is 36.4 Å². The molecule has 0 saturated carbocycles. The largest absolute Gasteiger partial charge is 0.480 e. The third kappa shape index (κ3) is 6.22. The highest BCUT2D eigenvalue weighted by molar-refractivity contribution is 14.1. The van der Waals surface area contributed by atoms with E-state index in [1.54, 1.807) is 24.3 Å². The summed E-state index contributed by atoms with van der Waals surface area (Å²) in [4.78, 5) is 10.8. The number of carboxylic acids is 1. The van der Waals surface area contributed by atoms with E-state index in [0.717, 1.165) is 9.13 Å². The summed E-state index contributed by atoms with van der Waals surface area (Å²) in [5, 5.41) is 8.87. The van der Waals surface area contributed by atoms with Gasteiger partial charge < -0.3 is 19.8 Å². The van der Waals surface area contributed by atoms with E-state index in [0.29, 0.717) is 15.1 Å². The molecule has 2 rings (SSSR count). The number of hydrogen-bond acceptors (Lipinski definition) is 6. The van der Waals surface area contributed by atoms with Gasteiger partial charge in [-0.05, 0) is 87.5 Å². The zero-order valence-electron chi connectivity index (χ0n) is 12.9. The fourth-order valence-electron chi connectivity index (χ4n) is 1.95. The molecule has 0 fully saturated rings. The minimum Gasteiger partial charge on any atom is -0.480 e. The van der Waals surface area contributed by atoms with Crippen LogP contribution in [0, 0.1) is 7.14 Å². The number of nitrogens with two attached hydrogens (primary N) is 1. The van der Waals surface area contributed by atoms with E-state index in [1.165, 1.54) is 12.1 Å². The zero-order chi connectivity index (χ0) is 19.5.